The molecule has 0 radical (unpaired) electrons. The highest BCUT2D eigenvalue weighted by Crippen LogP contribution is 2.37. The van der Waals surface area contributed by atoms with E-state index in [9.17, 15) is 43.2 Å². The standard InChI is InChI=1S/C72H111N15O21/c88-64(89)49-85-46-61(79-82-85)52-7-13-55(14-8-52)67(94)73-19-1-25-100-31-37-106-40-34-103-28-4-22-76-70(97)58-43-59(71(98)77-23-5-29-104-35-41-107-38-32-101-26-2-20-74-68(95)56-15-9-53(10-16-56)62-47-86(83-80-62)50-65(90)91)45-60(44-58)72(99)78-24-6-30-105-36-42-108-39-33-102-27-3-21-75-69(96)57-17-11-54(12-18-57)63-48-87(84-81-63)51-66(92)93/h43-48,52-57H,1-42,49-51H2,(H,73,94)(H,74,95)(H,75,96)(H,76,97)(H,77,98)(H,78,99)(H,88,89)(H,90,91)(H,92,93). The number of carbonyl (C=O) groups excluding carboxylic acids is 6. The summed E-state index contributed by atoms with van der Waals surface area (Å²) in [7, 11) is 0. The van der Waals surface area contributed by atoms with Crippen LogP contribution in [-0.4, -0.2) is 272 Å². The first-order valence-electron chi connectivity index (χ1n) is 38.0. The van der Waals surface area contributed by atoms with Crippen LogP contribution in [0.1, 0.15) is 181 Å². The summed E-state index contributed by atoms with van der Waals surface area (Å²) in [6.45, 7) is 8.27. The van der Waals surface area contributed by atoms with Gasteiger partial charge >= 0.3 is 17.9 Å². The van der Waals surface area contributed by atoms with Crippen LogP contribution in [0.25, 0.3) is 0 Å². The molecule has 3 aliphatic carbocycles. The fourth-order valence-electron chi connectivity index (χ4n) is 12.8. The molecule has 9 N–H and O–H groups in total. The molecule has 3 saturated carbocycles. The topological polar surface area (TPSA) is 462 Å². The molecule has 1 aromatic carbocycles. The summed E-state index contributed by atoms with van der Waals surface area (Å²) < 4.78 is 54.9. The number of nitrogens with zero attached hydrogens (tertiary/aromatic N) is 9. The Hall–Kier alpha value is -8.49. The van der Waals surface area contributed by atoms with Crippen LogP contribution in [0.4, 0.5) is 0 Å². The van der Waals surface area contributed by atoms with Gasteiger partial charge in [0.25, 0.3) is 17.7 Å². The lowest BCUT2D eigenvalue weighted by Gasteiger charge is -2.26. The van der Waals surface area contributed by atoms with Gasteiger partial charge in [0.15, 0.2) is 0 Å². The van der Waals surface area contributed by atoms with Gasteiger partial charge in [-0.3, -0.25) is 43.2 Å². The molecule has 0 unspecified atom stereocenters. The van der Waals surface area contributed by atoms with Crippen LogP contribution >= 0.6 is 0 Å². The van der Waals surface area contributed by atoms with E-state index in [1.807, 2.05) is 0 Å². The lowest BCUT2D eigenvalue weighted by molar-refractivity contribution is -0.139. The number of hydrogen-bond donors (Lipinski definition) is 9. The van der Waals surface area contributed by atoms with E-state index in [4.69, 9.17) is 58.0 Å². The number of amides is 6. The van der Waals surface area contributed by atoms with Gasteiger partial charge in [0.05, 0.1) is 96.4 Å². The van der Waals surface area contributed by atoms with E-state index in [0.29, 0.717) is 177 Å². The van der Waals surface area contributed by atoms with Crippen LogP contribution in [0.2, 0.25) is 0 Å². The number of rotatable bonds is 57. The predicted molar refractivity (Wildman–Crippen MR) is 385 cm³/mol. The van der Waals surface area contributed by atoms with Crippen molar-refractivity contribution in [2.75, 3.05) is 158 Å². The van der Waals surface area contributed by atoms with Crippen molar-refractivity contribution in [1.82, 2.24) is 76.9 Å². The van der Waals surface area contributed by atoms with Gasteiger partial charge in [-0.1, -0.05) is 15.6 Å². The van der Waals surface area contributed by atoms with Gasteiger partial charge in [-0.2, -0.15) is 0 Å². The van der Waals surface area contributed by atoms with Gasteiger partial charge in [0.2, 0.25) is 17.7 Å². The van der Waals surface area contributed by atoms with Crippen molar-refractivity contribution in [3.63, 3.8) is 0 Å². The molecule has 0 atom stereocenters. The Kier molecular flexibility index (Phi) is 41.0. The van der Waals surface area contributed by atoms with E-state index < -0.39 is 35.6 Å². The Morgan fingerprint density at radius 3 is 0.722 bits per heavy atom. The molecular weight excluding hydrogens is 1410 g/mol. The molecule has 3 heterocycles. The molecule has 0 aliphatic heterocycles. The van der Waals surface area contributed by atoms with Crippen molar-refractivity contribution < 1.29 is 101 Å². The molecule has 3 aromatic heterocycles. The van der Waals surface area contributed by atoms with Crippen molar-refractivity contribution in [3.8, 4) is 0 Å². The van der Waals surface area contributed by atoms with Gasteiger partial charge in [-0.05, 0) is 134 Å². The largest absolute Gasteiger partial charge is 0.480 e. The minimum absolute atomic E-state index is 0.0266. The van der Waals surface area contributed by atoms with Crippen LogP contribution in [0.15, 0.2) is 36.8 Å². The molecule has 6 amide bonds. The zero-order valence-electron chi connectivity index (χ0n) is 62.0. The highest BCUT2D eigenvalue weighted by atomic mass is 16.6. The number of nitrogens with one attached hydrogen (secondary N) is 6. The maximum absolute atomic E-state index is 13.5. The van der Waals surface area contributed by atoms with Gasteiger partial charge in [-0.25, -0.2) is 14.0 Å². The molecule has 0 spiro atoms. The fourth-order valence-corrected chi connectivity index (χ4v) is 12.8. The molecule has 600 valence electrons. The summed E-state index contributed by atoms with van der Waals surface area (Å²) >= 11 is 0. The summed E-state index contributed by atoms with van der Waals surface area (Å²) in [6.07, 6.45) is 17.5. The molecular formula is C72H111N15O21. The number of aliphatic carboxylic acids is 3. The van der Waals surface area contributed by atoms with E-state index in [1.54, 1.807) is 18.6 Å². The second-order valence-corrected chi connectivity index (χ2v) is 26.9. The predicted octanol–water partition coefficient (Wildman–Crippen LogP) is 2.66. The minimum atomic E-state index is -0.981. The van der Waals surface area contributed by atoms with Crippen molar-refractivity contribution in [2.45, 2.75) is 153 Å². The van der Waals surface area contributed by atoms with Crippen molar-refractivity contribution in [2.24, 2.45) is 17.8 Å². The monoisotopic (exact) mass is 1520 g/mol. The Labute approximate surface area is 628 Å². The van der Waals surface area contributed by atoms with Crippen molar-refractivity contribution in [1.29, 1.82) is 0 Å². The molecule has 108 heavy (non-hydrogen) atoms. The number of aromatic nitrogens is 9. The number of ether oxygens (including phenoxy) is 9. The SMILES string of the molecule is O=C(O)Cn1cc(C2CCC(C(=O)NCCCOCCOCCOCCCNC(=O)c3cc(C(=O)NCCCOCCOCCOCCCNC(=O)C4CCC(c5cn(CC(=O)O)nn5)CC4)cc(C(=O)NCCCOCCOCCOCCCNC(=O)C4CCC(c5cn(CC(=O)O)nn5)CC4)c3)CC2)nn1. The van der Waals surface area contributed by atoms with Gasteiger partial charge in [0, 0.05) is 150 Å². The molecule has 36 nitrogen and oxygen atoms in total. The zero-order chi connectivity index (χ0) is 76.8. The van der Waals surface area contributed by atoms with Crippen LogP contribution < -0.4 is 31.9 Å². The third-order valence-electron chi connectivity index (χ3n) is 18.6. The van der Waals surface area contributed by atoms with Gasteiger partial charge in [-0.15, -0.1) is 15.3 Å². The van der Waals surface area contributed by atoms with E-state index >= 15 is 0 Å². The molecule has 4 aromatic rings. The van der Waals surface area contributed by atoms with Gasteiger partial charge in [0.1, 0.15) is 19.6 Å². The normalized spacial score (nSPS) is 17.9. The zero-order valence-corrected chi connectivity index (χ0v) is 62.0. The van der Waals surface area contributed by atoms with Crippen LogP contribution in [0, 0.1) is 17.8 Å². The summed E-state index contributed by atoms with van der Waals surface area (Å²) in [5.41, 5.74) is 2.67. The first kappa shape index (κ1) is 86.7. The third kappa shape index (κ3) is 34.4. The number of carboxylic acid groups (broad SMARTS) is 3. The summed E-state index contributed by atoms with van der Waals surface area (Å²) in [6, 6.07) is 4.33. The Morgan fingerprint density at radius 2 is 0.509 bits per heavy atom. The number of hydrogen-bond acceptors (Lipinski definition) is 24. The molecule has 7 rings (SSSR count). The van der Waals surface area contributed by atoms with E-state index in [-0.39, 0.29) is 109 Å². The first-order chi connectivity index (χ1) is 52.6. The Morgan fingerprint density at radius 1 is 0.306 bits per heavy atom. The second kappa shape index (κ2) is 51.0. The molecule has 36 heteroatoms. The minimum Gasteiger partial charge on any atom is -0.480 e. The molecule has 0 saturated heterocycles. The maximum Gasteiger partial charge on any atom is 0.325 e. The van der Waals surface area contributed by atoms with Crippen LogP contribution in [0.5, 0.6) is 0 Å². The van der Waals surface area contributed by atoms with E-state index in [1.165, 1.54) is 32.2 Å². The van der Waals surface area contributed by atoms with E-state index in [0.717, 1.165) is 94.1 Å². The average molecular weight is 1520 g/mol. The maximum atomic E-state index is 13.5. The average Bonchev–Trinajstić information content (AvgIpc) is 1.20. The highest BCUT2D eigenvalue weighted by Gasteiger charge is 2.32. The van der Waals surface area contributed by atoms with Crippen molar-refractivity contribution >= 4 is 53.4 Å². The highest BCUT2D eigenvalue weighted by molar-refractivity contribution is 6.04. The number of carboxylic acids is 3. The first-order valence-corrected chi connectivity index (χ1v) is 38.0. The molecule has 0 bridgehead atoms. The lowest BCUT2D eigenvalue weighted by Crippen LogP contribution is -2.34. The second-order valence-electron chi connectivity index (χ2n) is 26.9. The number of benzene rings is 1. The van der Waals surface area contributed by atoms with E-state index in [2.05, 4.69) is 62.8 Å². The number of carbonyl (C=O) groups is 9. The molecule has 3 aliphatic rings. The third-order valence-corrected chi connectivity index (χ3v) is 18.6. The summed E-state index contributed by atoms with van der Waals surface area (Å²) in [5.74, 6) is -4.03. The van der Waals surface area contributed by atoms with Crippen LogP contribution in [0.3, 0.4) is 0 Å². The quantitative estimate of drug-likeness (QED) is 0.0287. The fraction of sp³-hybridized carbons (Fsp3) is 0.708. The Balaban J connectivity index is 0.698. The smallest absolute Gasteiger partial charge is 0.325 e. The lowest BCUT2D eigenvalue weighted by atomic mass is 9.80. The summed E-state index contributed by atoms with van der Waals surface area (Å²) in [4.78, 5) is 112. The Bertz CT molecular complexity index is 2980. The molecule has 3 fully saturated rings. The van der Waals surface area contributed by atoms with Crippen LogP contribution in [-0.2, 0) is 91.0 Å². The van der Waals surface area contributed by atoms with Gasteiger partial charge < -0.3 is 89.9 Å². The van der Waals surface area contributed by atoms with Crippen molar-refractivity contribution in [3.05, 3.63) is 70.6 Å². The summed E-state index contributed by atoms with van der Waals surface area (Å²) in [5, 5.41) is 68.6.